The Bertz CT molecular complexity index is 671. The number of hydrogen-bond donors (Lipinski definition) is 0. The maximum absolute atomic E-state index is 11.4. The number of benzene rings is 1. The molecule has 4 heteroatoms. The van der Waals surface area contributed by atoms with Crippen molar-refractivity contribution in [2.75, 3.05) is 0 Å². The molecule has 1 heterocycles. The van der Waals surface area contributed by atoms with Crippen LogP contribution in [0.2, 0.25) is 0 Å². The van der Waals surface area contributed by atoms with E-state index in [0.717, 1.165) is 10.9 Å². The van der Waals surface area contributed by atoms with Gasteiger partial charge in [-0.15, -0.1) is 0 Å². The van der Waals surface area contributed by atoms with E-state index in [1.807, 2.05) is 42.5 Å². The first-order chi connectivity index (χ1) is 9.19. The minimum Gasteiger partial charge on any atom is -0.444 e. The summed E-state index contributed by atoms with van der Waals surface area (Å²) in [4.78, 5) is 15.7. The van der Waals surface area contributed by atoms with Crippen molar-refractivity contribution in [1.29, 1.82) is 5.26 Å². The number of carbonyl (C=O) groups is 1. The van der Waals surface area contributed by atoms with Gasteiger partial charge in [-0.05, 0) is 25.1 Å². The van der Waals surface area contributed by atoms with Gasteiger partial charge in [0.05, 0.1) is 11.2 Å². The third-order valence-electron chi connectivity index (χ3n) is 2.48. The predicted molar refractivity (Wildman–Crippen MR) is 71.9 cm³/mol. The zero-order valence-electron chi connectivity index (χ0n) is 10.4. The van der Waals surface area contributed by atoms with Gasteiger partial charge in [-0.3, -0.25) is 0 Å². The number of aromatic nitrogens is 1. The van der Waals surface area contributed by atoms with E-state index in [9.17, 15) is 4.79 Å². The molecule has 1 atom stereocenters. The number of para-hydroxylation sites is 1. The van der Waals surface area contributed by atoms with Gasteiger partial charge in [0.2, 0.25) is 0 Å². The summed E-state index contributed by atoms with van der Waals surface area (Å²) < 4.78 is 4.79. The minimum atomic E-state index is -0.748. The van der Waals surface area contributed by atoms with Gasteiger partial charge < -0.3 is 4.74 Å². The van der Waals surface area contributed by atoms with Crippen molar-refractivity contribution >= 4 is 22.9 Å². The summed E-state index contributed by atoms with van der Waals surface area (Å²) >= 11 is 0. The zero-order chi connectivity index (χ0) is 13.7. The lowest BCUT2D eigenvalue weighted by Gasteiger charge is -2.01. The predicted octanol–water partition coefficient (Wildman–Crippen LogP) is 2.70. The van der Waals surface area contributed by atoms with Crippen molar-refractivity contribution in [1.82, 2.24) is 4.98 Å². The number of fused-ring (bicyclic) bond motifs is 1. The van der Waals surface area contributed by atoms with Crippen molar-refractivity contribution in [2.24, 2.45) is 0 Å². The third kappa shape index (κ3) is 3.39. The third-order valence-corrected chi connectivity index (χ3v) is 2.48. The van der Waals surface area contributed by atoms with E-state index >= 15 is 0 Å². The Morgan fingerprint density at radius 1 is 1.37 bits per heavy atom. The van der Waals surface area contributed by atoms with Crippen LogP contribution in [0.5, 0.6) is 0 Å². The summed E-state index contributed by atoms with van der Waals surface area (Å²) in [6.45, 7) is 1.51. The maximum Gasteiger partial charge on any atom is 0.332 e. The topological polar surface area (TPSA) is 63.0 Å². The standard InChI is InChI=1S/C15H12N2O2/c1-11(10-16)19-15(18)9-8-13-7-6-12-4-2-3-5-14(12)17-13/h2-9,11H,1H3/b9-8+. The second kappa shape index (κ2) is 5.78. The normalized spacial score (nSPS) is 12.2. The first-order valence-corrected chi connectivity index (χ1v) is 5.83. The molecule has 0 radical (unpaired) electrons. The molecule has 1 aromatic heterocycles. The lowest BCUT2D eigenvalue weighted by atomic mass is 10.2. The molecule has 0 aliphatic heterocycles. The van der Waals surface area contributed by atoms with Gasteiger partial charge in [0.25, 0.3) is 0 Å². The van der Waals surface area contributed by atoms with Crippen LogP contribution in [0.25, 0.3) is 17.0 Å². The molecule has 4 nitrogen and oxygen atoms in total. The molecule has 0 saturated heterocycles. The fourth-order valence-corrected chi connectivity index (χ4v) is 1.57. The van der Waals surface area contributed by atoms with Gasteiger partial charge in [-0.1, -0.05) is 24.3 Å². The van der Waals surface area contributed by atoms with E-state index in [0.29, 0.717) is 5.69 Å². The Labute approximate surface area is 111 Å². The fourth-order valence-electron chi connectivity index (χ4n) is 1.57. The number of rotatable bonds is 3. The van der Waals surface area contributed by atoms with Crippen molar-refractivity contribution in [3.8, 4) is 6.07 Å². The van der Waals surface area contributed by atoms with E-state index in [1.165, 1.54) is 13.0 Å². The van der Waals surface area contributed by atoms with Crippen LogP contribution in [0, 0.1) is 11.3 Å². The van der Waals surface area contributed by atoms with E-state index < -0.39 is 12.1 Å². The van der Waals surface area contributed by atoms with Gasteiger partial charge in [0.15, 0.2) is 6.10 Å². The SMILES string of the molecule is CC(C#N)OC(=O)/C=C/c1ccc2ccccc2n1. The Balaban J connectivity index is 2.13. The summed E-state index contributed by atoms with van der Waals surface area (Å²) in [5, 5.41) is 9.57. The van der Waals surface area contributed by atoms with Crippen LogP contribution in [0.4, 0.5) is 0 Å². The Kier molecular flexibility index (Phi) is 3.89. The van der Waals surface area contributed by atoms with Crippen LogP contribution in [0.15, 0.2) is 42.5 Å². The molecule has 19 heavy (non-hydrogen) atoms. The van der Waals surface area contributed by atoms with E-state index in [4.69, 9.17) is 10.00 Å². The Hall–Kier alpha value is -2.67. The monoisotopic (exact) mass is 252 g/mol. The van der Waals surface area contributed by atoms with Gasteiger partial charge in [0.1, 0.15) is 6.07 Å². The Morgan fingerprint density at radius 2 is 2.16 bits per heavy atom. The molecule has 94 valence electrons. The van der Waals surface area contributed by atoms with Crippen molar-refractivity contribution in [3.05, 3.63) is 48.2 Å². The molecule has 0 bridgehead atoms. The molecular weight excluding hydrogens is 240 g/mol. The summed E-state index contributed by atoms with van der Waals surface area (Å²) in [6, 6.07) is 13.3. The molecule has 1 aromatic carbocycles. The summed E-state index contributed by atoms with van der Waals surface area (Å²) in [5.41, 5.74) is 1.53. The van der Waals surface area contributed by atoms with Gasteiger partial charge in [0, 0.05) is 11.5 Å². The number of nitriles is 1. The molecule has 0 spiro atoms. The molecule has 2 aromatic rings. The summed E-state index contributed by atoms with van der Waals surface area (Å²) in [6.07, 6.45) is 2.09. The van der Waals surface area contributed by atoms with Gasteiger partial charge >= 0.3 is 5.97 Å². The van der Waals surface area contributed by atoms with Crippen molar-refractivity contribution in [2.45, 2.75) is 13.0 Å². The highest BCUT2D eigenvalue weighted by molar-refractivity contribution is 5.87. The molecule has 0 aliphatic rings. The molecule has 0 amide bonds. The minimum absolute atomic E-state index is 0.552. The summed E-state index contributed by atoms with van der Waals surface area (Å²) in [5.74, 6) is -0.552. The van der Waals surface area contributed by atoms with Gasteiger partial charge in [-0.2, -0.15) is 5.26 Å². The van der Waals surface area contributed by atoms with Crippen LogP contribution in [0.1, 0.15) is 12.6 Å². The van der Waals surface area contributed by atoms with Crippen molar-refractivity contribution < 1.29 is 9.53 Å². The maximum atomic E-state index is 11.4. The highest BCUT2D eigenvalue weighted by atomic mass is 16.5. The fraction of sp³-hybridized carbons (Fsp3) is 0.133. The summed E-state index contributed by atoms with van der Waals surface area (Å²) in [7, 11) is 0. The van der Waals surface area contributed by atoms with Crippen LogP contribution in [0.3, 0.4) is 0 Å². The molecule has 0 N–H and O–H groups in total. The number of ether oxygens (including phenoxy) is 1. The number of pyridine rings is 1. The van der Waals surface area contributed by atoms with Gasteiger partial charge in [-0.25, -0.2) is 9.78 Å². The first-order valence-electron chi connectivity index (χ1n) is 5.83. The molecule has 0 saturated carbocycles. The van der Waals surface area contributed by atoms with Crippen LogP contribution < -0.4 is 0 Å². The highest BCUT2D eigenvalue weighted by Gasteiger charge is 2.04. The lowest BCUT2D eigenvalue weighted by Crippen LogP contribution is -2.10. The van der Waals surface area contributed by atoms with E-state index in [-0.39, 0.29) is 0 Å². The zero-order valence-corrected chi connectivity index (χ0v) is 10.4. The molecule has 0 fully saturated rings. The molecule has 0 aliphatic carbocycles. The number of esters is 1. The number of nitrogens with zero attached hydrogens (tertiary/aromatic N) is 2. The lowest BCUT2D eigenvalue weighted by molar-refractivity contribution is -0.139. The highest BCUT2D eigenvalue weighted by Crippen LogP contribution is 2.12. The quantitative estimate of drug-likeness (QED) is 0.622. The number of hydrogen-bond acceptors (Lipinski definition) is 4. The molecule has 1 unspecified atom stereocenters. The smallest absolute Gasteiger partial charge is 0.332 e. The Morgan fingerprint density at radius 3 is 2.95 bits per heavy atom. The second-order valence-electron chi connectivity index (χ2n) is 3.97. The molecular formula is C15H12N2O2. The number of carbonyl (C=O) groups excluding carboxylic acids is 1. The average Bonchev–Trinajstić information content (AvgIpc) is 2.44. The van der Waals surface area contributed by atoms with E-state index in [2.05, 4.69) is 4.98 Å². The van der Waals surface area contributed by atoms with Crippen molar-refractivity contribution in [3.63, 3.8) is 0 Å². The first kappa shape index (κ1) is 12.8. The second-order valence-corrected chi connectivity index (χ2v) is 3.97. The van der Waals surface area contributed by atoms with Crippen LogP contribution >= 0.6 is 0 Å². The van der Waals surface area contributed by atoms with Crippen LogP contribution in [-0.2, 0) is 9.53 Å². The van der Waals surface area contributed by atoms with E-state index in [1.54, 1.807) is 6.08 Å². The van der Waals surface area contributed by atoms with Crippen LogP contribution in [-0.4, -0.2) is 17.1 Å². The average molecular weight is 252 g/mol. The largest absolute Gasteiger partial charge is 0.444 e. The molecule has 2 rings (SSSR count).